The molecule has 3 aromatic rings. The Morgan fingerprint density at radius 2 is 2.14 bits per heavy atom. The van der Waals surface area contributed by atoms with Gasteiger partial charge in [0.1, 0.15) is 5.75 Å². The topological polar surface area (TPSA) is 49.9 Å². The smallest absolute Gasteiger partial charge is 0.120 e. The summed E-state index contributed by atoms with van der Waals surface area (Å²) < 4.78 is 5.15. The van der Waals surface area contributed by atoms with Crippen LogP contribution in [0.4, 0.5) is 0 Å². The number of hydrogen-bond donors (Lipinski definition) is 2. The Hall–Kier alpha value is -2.04. The van der Waals surface area contributed by atoms with Crippen molar-refractivity contribution >= 4 is 22.6 Å². The molecule has 0 unspecified atom stereocenters. The number of ether oxygens (including phenoxy) is 1. The van der Waals surface area contributed by atoms with E-state index in [0.29, 0.717) is 0 Å². The zero-order valence-corrected chi connectivity index (χ0v) is 13.2. The van der Waals surface area contributed by atoms with Gasteiger partial charge in [-0.05, 0) is 48.4 Å². The van der Waals surface area contributed by atoms with Crippen molar-refractivity contribution < 1.29 is 4.74 Å². The normalized spacial score (nSPS) is 11.0. The first-order valence-corrected chi connectivity index (χ1v) is 7.59. The molecule has 2 N–H and O–H groups in total. The fourth-order valence-corrected chi connectivity index (χ4v) is 2.67. The number of fused-ring (bicyclic) bond motifs is 1. The molecule has 0 aliphatic rings. The van der Waals surface area contributed by atoms with Crippen molar-refractivity contribution in [1.29, 1.82) is 0 Å². The number of benzene rings is 2. The number of rotatable bonds is 6. The zero-order valence-electron chi connectivity index (χ0n) is 12.4. The summed E-state index contributed by atoms with van der Waals surface area (Å²) in [6, 6.07) is 12.0. The lowest BCUT2D eigenvalue weighted by Crippen LogP contribution is -2.16. The number of hydrogen-bond acceptors (Lipinski definition) is 3. The number of methoxy groups -OCH3 is 1. The van der Waals surface area contributed by atoms with E-state index in [0.717, 1.165) is 46.9 Å². The van der Waals surface area contributed by atoms with Crippen molar-refractivity contribution in [3.05, 3.63) is 58.9 Å². The van der Waals surface area contributed by atoms with Gasteiger partial charge in [0.25, 0.3) is 0 Å². The van der Waals surface area contributed by atoms with E-state index in [1.54, 1.807) is 13.4 Å². The Balaban J connectivity index is 1.52. The molecule has 0 saturated carbocycles. The fraction of sp³-hybridized carbons (Fsp3) is 0.235. The van der Waals surface area contributed by atoms with Gasteiger partial charge in [0.05, 0.1) is 24.5 Å². The SMILES string of the molecule is COc1ccc(CCNCc2ccc3nc[nH]c3c2)c(Cl)c1. The molecule has 0 spiro atoms. The first-order chi connectivity index (χ1) is 10.8. The molecule has 0 amide bonds. The summed E-state index contributed by atoms with van der Waals surface area (Å²) in [5.74, 6) is 0.787. The highest BCUT2D eigenvalue weighted by atomic mass is 35.5. The van der Waals surface area contributed by atoms with E-state index < -0.39 is 0 Å². The van der Waals surface area contributed by atoms with Gasteiger partial charge in [-0.3, -0.25) is 0 Å². The summed E-state index contributed by atoms with van der Waals surface area (Å²) in [4.78, 5) is 7.35. The van der Waals surface area contributed by atoms with Crippen LogP contribution in [0.3, 0.4) is 0 Å². The van der Waals surface area contributed by atoms with Crippen molar-refractivity contribution in [2.45, 2.75) is 13.0 Å². The van der Waals surface area contributed by atoms with Crippen LogP contribution in [0.5, 0.6) is 5.75 Å². The molecule has 0 fully saturated rings. The summed E-state index contributed by atoms with van der Waals surface area (Å²) in [5, 5.41) is 4.19. The third-order valence-electron chi connectivity index (χ3n) is 3.65. The molecule has 1 aromatic heterocycles. The van der Waals surface area contributed by atoms with Crippen LogP contribution in [0.25, 0.3) is 11.0 Å². The number of nitrogens with one attached hydrogen (secondary N) is 2. The summed E-state index contributed by atoms with van der Waals surface area (Å²) in [5.41, 5.74) is 4.42. The molecule has 114 valence electrons. The molecule has 0 aliphatic carbocycles. The van der Waals surface area contributed by atoms with Crippen molar-refractivity contribution in [3.8, 4) is 5.75 Å². The number of imidazole rings is 1. The standard InChI is InChI=1S/C17H18ClN3O/c1-22-14-4-3-13(15(18)9-14)6-7-19-10-12-2-5-16-17(8-12)21-11-20-16/h2-5,8-9,11,19H,6-7,10H2,1H3,(H,20,21). The van der Waals surface area contributed by atoms with Crippen LogP contribution in [-0.4, -0.2) is 23.6 Å². The summed E-state index contributed by atoms with van der Waals surface area (Å²) in [6.07, 6.45) is 2.60. The Morgan fingerprint density at radius 3 is 2.95 bits per heavy atom. The zero-order chi connectivity index (χ0) is 15.4. The average Bonchev–Trinajstić information content (AvgIpc) is 3.00. The van der Waals surface area contributed by atoms with Crippen LogP contribution in [0.15, 0.2) is 42.7 Å². The fourth-order valence-electron chi connectivity index (χ4n) is 2.41. The third kappa shape index (κ3) is 3.40. The number of aromatic nitrogens is 2. The van der Waals surface area contributed by atoms with Crippen LogP contribution >= 0.6 is 11.6 Å². The molecule has 2 aromatic carbocycles. The van der Waals surface area contributed by atoms with Crippen LogP contribution in [0.2, 0.25) is 5.02 Å². The lowest BCUT2D eigenvalue weighted by Gasteiger charge is -2.08. The molecule has 0 aliphatic heterocycles. The predicted octanol–water partition coefficient (Wildman–Crippen LogP) is 3.56. The van der Waals surface area contributed by atoms with E-state index in [1.807, 2.05) is 24.3 Å². The van der Waals surface area contributed by atoms with E-state index >= 15 is 0 Å². The highest BCUT2D eigenvalue weighted by Crippen LogP contribution is 2.22. The van der Waals surface area contributed by atoms with E-state index in [1.165, 1.54) is 5.56 Å². The van der Waals surface area contributed by atoms with Gasteiger partial charge >= 0.3 is 0 Å². The second kappa shape index (κ2) is 6.81. The monoisotopic (exact) mass is 315 g/mol. The summed E-state index contributed by atoms with van der Waals surface area (Å²) in [6.45, 7) is 1.69. The first-order valence-electron chi connectivity index (χ1n) is 7.21. The third-order valence-corrected chi connectivity index (χ3v) is 4.00. The Labute approximate surface area is 134 Å². The Kier molecular flexibility index (Phi) is 4.61. The minimum atomic E-state index is 0.750. The molecule has 4 nitrogen and oxygen atoms in total. The number of nitrogens with zero attached hydrogens (tertiary/aromatic N) is 1. The lowest BCUT2D eigenvalue weighted by molar-refractivity contribution is 0.414. The van der Waals surface area contributed by atoms with Crippen LogP contribution < -0.4 is 10.1 Å². The number of aromatic amines is 1. The maximum Gasteiger partial charge on any atom is 0.120 e. The van der Waals surface area contributed by atoms with Gasteiger partial charge in [-0.2, -0.15) is 0 Å². The second-order valence-corrected chi connectivity index (χ2v) is 5.55. The minimum Gasteiger partial charge on any atom is -0.497 e. The second-order valence-electron chi connectivity index (χ2n) is 5.14. The molecule has 0 atom stereocenters. The molecule has 0 bridgehead atoms. The number of H-pyrrole nitrogens is 1. The first kappa shape index (κ1) is 14.9. The van der Waals surface area contributed by atoms with Crippen molar-refractivity contribution in [3.63, 3.8) is 0 Å². The molecule has 3 rings (SSSR count). The van der Waals surface area contributed by atoms with Gasteiger partial charge < -0.3 is 15.0 Å². The van der Waals surface area contributed by atoms with Gasteiger partial charge in [0, 0.05) is 11.6 Å². The van der Waals surface area contributed by atoms with Crippen molar-refractivity contribution in [1.82, 2.24) is 15.3 Å². The van der Waals surface area contributed by atoms with Gasteiger partial charge in [0.2, 0.25) is 0 Å². The van der Waals surface area contributed by atoms with Crippen molar-refractivity contribution in [2.24, 2.45) is 0 Å². The van der Waals surface area contributed by atoms with Gasteiger partial charge in [-0.15, -0.1) is 0 Å². The van der Waals surface area contributed by atoms with Crippen LogP contribution in [0, 0.1) is 0 Å². The highest BCUT2D eigenvalue weighted by Gasteiger charge is 2.03. The Bertz CT molecular complexity index is 769. The van der Waals surface area contributed by atoms with Gasteiger partial charge in [0.15, 0.2) is 0 Å². The maximum absolute atomic E-state index is 6.24. The summed E-state index contributed by atoms with van der Waals surface area (Å²) in [7, 11) is 1.64. The maximum atomic E-state index is 6.24. The molecular formula is C17H18ClN3O. The summed E-state index contributed by atoms with van der Waals surface area (Å²) >= 11 is 6.24. The molecular weight excluding hydrogens is 298 g/mol. The quantitative estimate of drug-likeness (QED) is 0.684. The lowest BCUT2D eigenvalue weighted by atomic mass is 10.1. The van der Waals surface area contributed by atoms with E-state index in [2.05, 4.69) is 27.4 Å². The highest BCUT2D eigenvalue weighted by molar-refractivity contribution is 6.31. The molecule has 22 heavy (non-hydrogen) atoms. The van der Waals surface area contributed by atoms with Gasteiger partial charge in [-0.25, -0.2) is 4.98 Å². The molecule has 0 radical (unpaired) electrons. The van der Waals surface area contributed by atoms with Gasteiger partial charge in [-0.1, -0.05) is 23.7 Å². The average molecular weight is 316 g/mol. The molecule has 1 heterocycles. The minimum absolute atomic E-state index is 0.750. The van der Waals surface area contributed by atoms with E-state index in [4.69, 9.17) is 16.3 Å². The largest absolute Gasteiger partial charge is 0.497 e. The van der Waals surface area contributed by atoms with Crippen LogP contribution in [-0.2, 0) is 13.0 Å². The van der Waals surface area contributed by atoms with E-state index in [-0.39, 0.29) is 0 Å². The van der Waals surface area contributed by atoms with E-state index in [9.17, 15) is 0 Å². The number of halogens is 1. The Morgan fingerprint density at radius 1 is 1.23 bits per heavy atom. The van der Waals surface area contributed by atoms with Crippen LogP contribution in [0.1, 0.15) is 11.1 Å². The predicted molar refractivity (Wildman–Crippen MR) is 89.5 cm³/mol. The molecule has 0 saturated heterocycles. The van der Waals surface area contributed by atoms with Crippen molar-refractivity contribution in [2.75, 3.05) is 13.7 Å². The molecule has 5 heteroatoms.